The first kappa shape index (κ1) is 11.1. The summed E-state index contributed by atoms with van der Waals surface area (Å²) in [4.78, 5) is 2.44. The van der Waals surface area contributed by atoms with Crippen LogP contribution >= 0.6 is 11.6 Å². The van der Waals surface area contributed by atoms with Gasteiger partial charge in [-0.3, -0.25) is 0 Å². The summed E-state index contributed by atoms with van der Waals surface area (Å²) in [5.41, 5.74) is 7.85. The molecule has 3 heteroatoms. The van der Waals surface area contributed by atoms with Crippen molar-refractivity contribution in [3.63, 3.8) is 0 Å². The summed E-state index contributed by atoms with van der Waals surface area (Å²) < 4.78 is 0. The molecule has 0 aromatic rings. The molecule has 2 aliphatic carbocycles. The van der Waals surface area contributed by atoms with Gasteiger partial charge in [0.05, 0.1) is 5.38 Å². The molecule has 0 radical (unpaired) electrons. The van der Waals surface area contributed by atoms with E-state index in [2.05, 4.69) is 23.3 Å². The summed E-state index contributed by atoms with van der Waals surface area (Å²) in [6, 6.07) is 0. The third-order valence-electron chi connectivity index (χ3n) is 4.82. The average Bonchev–Trinajstić information content (AvgIpc) is 2.74. The summed E-state index contributed by atoms with van der Waals surface area (Å²) in [6.45, 7) is 3.45. The quantitative estimate of drug-likeness (QED) is 0.675. The number of hydrogen-bond acceptors (Lipinski definition) is 2. The number of rotatable bonds is 0. The molecule has 1 N–H and O–H groups in total. The Morgan fingerprint density at radius 2 is 2.22 bits per heavy atom. The van der Waals surface area contributed by atoms with Gasteiger partial charge in [0.2, 0.25) is 0 Å². The normalized spacial score (nSPS) is 35.1. The van der Waals surface area contributed by atoms with E-state index in [0.29, 0.717) is 0 Å². The van der Waals surface area contributed by atoms with Gasteiger partial charge in [-0.25, -0.2) is 0 Å². The fourth-order valence-corrected chi connectivity index (χ4v) is 4.26. The molecule has 0 bridgehead atoms. The fraction of sp³-hybridized carbons (Fsp3) is 0.600. The van der Waals surface area contributed by atoms with Gasteiger partial charge in [-0.05, 0) is 49.1 Å². The maximum absolute atomic E-state index is 6.41. The van der Waals surface area contributed by atoms with Gasteiger partial charge in [-0.1, -0.05) is 5.57 Å². The SMILES string of the molecule is CN1CCC2=C(C1)C1=C3C(=CC(Cl)C1)NCC3C2. The van der Waals surface area contributed by atoms with Crippen molar-refractivity contribution in [3.05, 3.63) is 34.1 Å². The van der Waals surface area contributed by atoms with Crippen LogP contribution in [-0.2, 0) is 0 Å². The zero-order valence-corrected chi connectivity index (χ0v) is 11.6. The van der Waals surface area contributed by atoms with Crippen molar-refractivity contribution in [1.29, 1.82) is 0 Å². The van der Waals surface area contributed by atoms with E-state index >= 15 is 0 Å². The summed E-state index contributed by atoms with van der Waals surface area (Å²) >= 11 is 6.41. The lowest BCUT2D eigenvalue weighted by molar-refractivity contribution is 0.339. The van der Waals surface area contributed by atoms with Crippen molar-refractivity contribution in [2.75, 3.05) is 26.7 Å². The molecule has 4 rings (SSSR count). The number of fused-ring (bicyclic) bond motifs is 1. The minimum Gasteiger partial charge on any atom is -0.384 e. The van der Waals surface area contributed by atoms with Gasteiger partial charge in [0.1, 0.15) is 0 Å². The highest BCUT2D eigenvalue weighted by Crippen LogP contribution is 2.47. The van der Waals surface area contributed by atoms with E-state index in [4.69, 9.17) is 11.6 Å². The molecule has 4 aliphatic rings. The van der Waals surface area contributed by atoms with Gasteiger partial charge >= 0.3 is 0 Å². The Hall–Kier alpha value is -0.730. The van der Waals surface area contributed by atoms with E-state index in [9.17, 15) is 0 Å². The molecule has 1 fully saturated rings. The van der Waals surface area contributed by atoms with Crippen LogP contribution in [0.5, 0.6) is 0 Å². The molecule has 0 aromatic heterocycles. The van der Waals surface area contributed by atoms with Gasteiger partial charge in [0.25, 0.3) is 0 Å². The molecule has 18 heavy (non-hydrogen) atoms. The number of nitrogens with zero attached hydrogens (tertiary/aromatic N) is 1. The fourth-order valence-electron chi connectivity index (χ4n) is 3.98. The Morgan fingerprint density at radius 1 is 1.33 bits per heavy atom. The first-order chi connectivity index (χ1) is 8.72. The van der Waals surface area contributed by atoms with Crippen LogP contribution in [0, 0.1) is 5.92 Å². The molecule has 2 unspecified atom stereocenters. The lowest BCUT2D eigenvalue weighted by Crippen LogP contribution is -2.32. The highest BCUT2D eigenvalue weighted by Gasteiger charge is 2.38. The molecular weight excluding hydrogens is 244 g/mol. The Kier molecular flexibility index (Phi) is 2.40. The van der Waals surface area contributed by atoms with Crippen molar-refractivity contribution in [2.24, 2.45) is 5.92 Å². The van der Waals surface area contributed by atoms with Crippen molar-refractivity contribution in [3.8, 4) is 0 Å². The Balaban J connectivity index is 1.84. The highest BCUT2D eigenvalue weighted by atomic mass is 35.5. The van der Waals surface area contributed by atoms with E-state index in [0.717, 1.165) is 25.4 Å². The summed E-state index contributed by atoms with van der Waals surface area (Å²) in [6.07, 6.45) is 5.79. The first-order valence-corrected chi connectivity index (χ1v) is 7.39. The molecule has 96 valence electrons. The Bertz CT molecular complexity index is 501. The third kappa shape index (κ3) is 1.52. The van der Waals surface area contributed by atoms with Gasteiger partial charge in [-0.2, -0.15) is 0 Å². The maximum atomic E-state index is 6.41. The second-order valence-electron chi connectivity index (χ2n) is 6.04. The summed E-state index contributed by atoms with van der Waals surface area (Å²) in [5, 5.41) is 3.73. The van der Waals surface area contributed by atoms with Gasteiger partial charge < -0.3 is 10.2 Å². The molecule has 0 spiro atoms. The standard InChI is InChI=1S/C15H19ClN2/c1-18-3-2-9-4-10-7-17-14-6-11(16)5-12(15(10)14)13(9)8-18/h6,10-11,17H,2-5,7-8H2,1H3. The van der Waals surface area contributed by atoms with Gasteiger partial charge in [0.15, 0.2) is 0 Å². The van der Waals surface area contributed by atoms with Crippen molar-refractivity contribution in [1.82, 2.24) is 10.2 Å². The smallest absolute Gasteiger partial charge is 0.0579 e. The van der Waals surface area contributed by atoms with Gasteiger partial charge in [-0.15, -0.1) is 11.6 Å². The van der Waals surface area contributed by atoms with E-state index in [1.54, 1.807) is 22.3 Å². The van der Waals surface area contributed by atoms with Crippen LogP contribution in [-0.4, -0.2) is 37.0 Å². The molecule has 1 saturated heterocycles. The van der Waals surface area contributed by atoms with Crippen molar-refractivity contribution in [2.45, 2.75) is 24.6 Å². The van der Waals surface area contributed by atoms with Crippen LogP contribution in [0.3, 0.4) is 0 Å². The monoisotopic (exact) mass is 262 g/mol. The molecule has 0 saturated carbocycles. The molecule has 0 amide bonds. The average molecular weight is 263 g/mol. The number of hydrogen-bond donors (Lipinski definition) is 1. The molecule has 0 aromatic carbocycles. The van der Waals surface area contributed by atoms with Crippen LogP contribution in [0.2, 0.25) is 0 Å². The second kappa shape index (κ2) is 3.88. The lowest BCUT2D eigenvalue weighted by Gasteiger charge is -2.37. The highest BCUT2D eigenvalue weighted by molar-refractivity contribution is 6.22. The number of nitrogens with one attached hydrogen (secondary N) is 1. The third-order valence-corrected chi connectivity index (χ3v) is 5.10. The predicted molar refractivity (Wildman–Crippen MR) is 74.6 cm³/mol. The second-order valence-corrected chi connectivity index (χ2v) is 6.61. The van der Waals surface area contributed by atoms with Crippen molar-refractivity contribution < 1.29 is 0 Å². The Morgan fingerprint density at radius 3 is 3.11 bits per heavy atom. The number of halogens is 1. The summed E-state index contributed by atoms with van der Waals surface area (Å²) in [5.74, 6) is 0.720. The van der Waals surface area contributed by atoms with E-state index in [-0.39, 0.29) is 5.38 Å². The van der Waals surface area contributed by atoms with E-state index in [1.807, 2.05) is 0 Å². The lowest BCUT2D eigenvalue weighted by atomic mass is 9.74. The summed E-state index contributed by atoms with van der Waals surface area (Å²) in [7, 11) is 2.23. The predicted octanol–water partition coefficient (Wildman–Crippen LogP) is 2.43. The number of likely N-dealkylation sites (N-methyl/N-ethyl adjacent to an activating group) is 1. The topological polar surface area (TPSA) is 15.3 Å². The number of alkyl halides is 1. The van der Waals surface area contributed by atoms with Crippen LogP contribution in [0.15, 0.2) is 34.1 Å². The van der Waals surface area contributed by atoms with Gasteiger partial charge in [0, 0.05) is 31.2 Å². The van der Waals surface area contributed by atoms with E-state index in [1.165, 1.54) is 25.1 Å². The van der Waals surface area contributed by atoms with Crippen LogP contribution < -0.4 is 5.32 Å². The minimum absolute atomic E-state index is 0.170. The molecule has 2 nitrogen and oxygen atoms in total. The van der Waals surface area contributed by atoms with Crippen molar-refractivity contribution >= 4 is 11.6 Å². The molecule has 2 aliphatic heterocycles. The largest absolute Gasteiger partial charge is 0.384 e. The van der Waals surface area contributed by atoms with Crippen LogP contribution in [0.25, 0.3) is 0 Å². The Labute approximate surface area is 113 Å². The zero-order chi connectivity index (χ0) is 12.3. The molecular formula is C15H19ClN2. The first-order valence-electron chi connectivity index (χ1n) is 6.95. The number of allylic oxidation sites excluding steroid dienone is 2. The zero-order valence-electron chi connectivity index (χ0n) is 10.8. The van der Waals surface area contributed by atoms with Crippen LogP contribution in [0.1, 0.15) is 19.3 Å². The molecule has 2 heterocycles. The maximum Gasteiger partial charge on any atom is 0.0579 e. The van der Waals surface area contributed by atoms with E-state index < -0.39 is 0 Å². The van der Waals surface area contributed by atoms with Crippen LogP contribution in [0.4, 0.5) is 0 Å². The minimum atomic E-state index is 0.170. The molecule has 2 atom stereocenters.